The Kier molecular flexibility index (Phi) is 2.70. The fraction of sp³-hybridized carbons (Fsp3) is 0. The predicted molar refractivity (Wildman–Crippen MR) is 43.5 cm³/mol. The number of thiol groups is 2. The van der Waals surface area contributed by atoms with E-state index in [9.17, 15) is 0 Å². The smallest absolute Gasteiger partial charge is 0.230 e. The van der Waals surface area contributed by atoms with E-state index in [0.29, 0.717) is 11.8 Å². The van der Waals surface area contributed by atoms with Gasteiger partial charge in [0.1, 0.15) is 0 Å². The van der Waals surface area contributed by atoms with Crippen molar-refractivity contribution in [1.29, 1.82) is 0 Å². The Balaban J connectivity index is 2.87. The summed E-state index contributed by atoms with van der Waals surface area (Å²) in [6.07, 6.45) is 0. The highest BCUT2D eigenvalue weighted by atomic mass is 32.1. The molecule has 1 aromatic heterocycles. The topological polar surface area (TPSA) is 31.4 Å². The number of aromatic nitrogens is 1. The molecule has 0 saturated heterocycles. The largest absolute Gasteiger partial charge is 0.409 e. The Morgan fingerprint density at radius 2 is 1.60 bits per heavy atom. The Bertz CT molecular complexity index is 199. The molecular weight excluding hydrogens is 170 g/mol. The lowest BCUT2D eigenvalue weighted by Gasteiger charge is -1.97. The molecule has 5 heteroatoms. The van der Waals surface area contributed by atoms with E-state index < -0.39 is 0 Å². The molecule has 0 N–H and O–H groups in total. The van der Waals surface area contributed by atoms with E-state index in [0.717, 1.165) is 0 Å². The van der Waals surface area contributed by atoms with Gasteiger partial charge in [0.2, 0.25) is 11.8 Å². The monoisotopic (exact) mass is 175 g/mol. The third-order valence-electron chi connectivity index (χ3n) is 0.885. The van der Waals surface area contributed by atoms with E-state index in [-0.39, 0.29) is 0 Å². The first kappa shape index (κ1) is 7.56. The van der Waals surface area contributed by atoms with Gasteiger partial charge in [0.05, 0.1) is 0 Å². The Labute approximate surface area is 69.6 Å². The molecule has 0 aromatic carbocycles. The molecule has 0 atom stereocenters. The van der Waals surface area contributed by atoms with Crippen molar-refractivity contribution in [1.82, 2.24) is 4.98 Å². The molecule has 3 nitrogen and oxygen atoms in total. The summed E-state index contributed by atoms with van der Waals surface area (Å²) in [5.74, 6) is 0.768. The fourth-order valence-corrected chi connectivity index (χ4v) is 0.701. The summed E-state index contributed by atoms with van der Waals surface area (Å²) in [5.41, 5.74) is 0. The Morgan fingerprint density at radius 1 is 1.10 bits per heavy atom. The molecule has 0 radical (unpaired) electrons. The maximum Gasteiger partial charge on any atom is 0.230 e. The van der Waals surface area contributed by atoms with Crippen LogP contribution in [0, 0.1) is 0 Å². The summed E-state index contributed by atoms with van der Waals surface area (Å²) in [7, 11) is 0. The lowest BCUT2D eigenvalue weighted by Crippen LogP contribution is -1.83. The van der Waals surface area contributed by atoms with Gasteiger partial charge in [-0.25, -0.2) is 0 Å². The molecule has 0 spiro atoms. The number of nitrogens with zero attached hydrogens (tertiary/aromatic N) is 1. The molecule has 0 fully saturated rings. The van der Waals surface area contributed by atoms with E-state index in [1.807, 2.05) is 0 Å². The highest BCUT2D eigenvalue weighted by molar-refractivity contribution is 7.75. The minimum absolute atomic E-state index is 0.384. The van der Waals surface area contributed by atoms with E-state index in [1.165, 1.54) is 0 Å². The van der Waals surface area contributed by atoms with Crippen molar-refractivity contribution in [3.63, 3.8) is 0 Å². The van der Waals surface area contributed by atoms with Gasteiger partial charge in [-0.05, 0) is 0 Å². The fourth-order valence-electron chi connectivity index (χ4n) is 0.498. The van der Waals surface area contributed by atoms with E-state index in [1.54, 1.807) is 18.2 Å². The molecule has 0 aliphatic carbocycles. The number of rotatable bonds is 2. The summed E-state index contributed by atoms with van der Waals surface area (Å²) in [5, 5.41) is 0. The van der Waals surface area contributed by atoms with Gasteiger partial charge in [0, 0.05) is 38.0 Å². The van der Waals surface area contributed by atoms with Gasteiger partial charge in [0.25, 0.3) is 0 Å². The average molecular weight is 175 g/mol. The highest BCUT2D eigenvalue weighted by Crippen LogP contribution is 2.14. The molecule has 0 aliphatic rings. The number of pyridine rings is 1. The van der Waals surface area contributed by atoms with Crippen LogP contribution in [0.5, 0.6) is 11.8 Å². The van der Waals surface area contributed by atoms with Gasteiger partial charge < -0.3 is 8.37 Å². The molecule has 0 saturated carbocycles. The van der Waals surface area contributed by atoms with Gasteiger partial charge >= 0.3 is 0 Å². The summed E-state index contributed by atoms with van der Waals surface area (Å²) in [4.78, 5) is 3.81. The highest BCUT2D eigenvalue weighted by Gasteiger charge is 1.94. The van der Waals surface area contributed by atoms with Crippen LogP contribution in [0.1, 0.15) is 0 Å². The van der Waals surface area contributed by atoms with Crippen LogP contribution in [-0.4, -0.2) is 4.98 Å². The average Bonchev–Trinajstić information content (AvgIpc) is 2.05. The van der Waals surface area contributed by atoms with Crippen LogP contribution >= 0.6 is 25.8 Å². The number of hydrogen-bond donors (Lipinski definition) is 2. The summed E-state index contributed by atoms with van der Waals surface area (Å²) in [6.45, 7) is 0. The zero-order valence-electron chi connectivity index (χ0n) is 4.89. The van der Waals surface area contributed by atoms with Crippen LogP contribution in [0.3, 0.4) is 0 Å². The predicted octanol–water partition coefficient (Wildman–Crippen LogP) is 1.53. The molecule has 54 valence electrons. The van der Waals surface area contributed by atoms with E-state index in [4.69, 9.17) is 0 Å². The Hall–Kier alpha value is -0.550. The molecule has 0 bridgehead atoms. The second-order valence-electron chi connectivity index (χ2n) is 1.50. The molecule has 1 heterocycles. The van der Waals surface area contributed by atoms with Crippen molar-refractivity contribution in [3.05, 3.63) is 18.2 Å². The summed E-state index contributed by atoms with van der Waals surface area (Å²) < 4.78 is 9.05. The van der Waals surface area contributed by atoms with Crippen molar-refractivity contribution >= 4 is 25.8 Å². The Morgan fingerprint density at radius 3 is 2.00 bits per heavy atom. The van der Waals surface area contributed by atoms with E-state index in [2.05, 4.69) is 39.2 Å². The van der Waals surface area contributed by atoms with Gasteiger partial charge in [-0.2, -0.15) is 4.98 Å². The lowest BCUT2D eigenvalue weighted by molar-refractivity contribution is 0.578. The van der Waals surface area contributed by atoms with Crippen LogP contribution < -0.4 is 8.37 Å². The molecular formula is C5H5NO2S2. The zero-order valence-corrected chi connectivity index (χ0v) is 6.68. The molecule has 1 rings (SSSR count). The van der Waals surface area contributed by atoms with Crippen LogP contribution in [0.2, 0.25) is 0 Å². The number of hydrogen-bond acceptors (Lipinski definition) is 5. The van der Waals surface area contributed by atoms with Gasteiger partial charge in [-0.1, -0.05) is 6.07 Å². The molecule has 10 heavy (non-hydrogen) atoms. The maximum atomic E-state index is 4.53. The van der Waals surface area contributed by atoms with Gasteiger partial charge in [-0.3, -0.25) is 0 Å². The zero-order chi connectivity index (χ0) is 7.40. The first-order valence-corrected chi connectivity index (χ1v) is 3.19. The summed E-state index contributed by atoms with van der Waals surface area (Å²) >= 11 is 7.11. The standard InChI is InChI=1S/C5H5NO2S2/c9-7-4-2-1-3-5(6-4)8-10/h1-3,9-10H. The molecule has 0 aliphatic heterocycles. The normalized spacial score (nSPS) is 9.00. The first-order valence-electron chi connectivity index (χ1n) is 2.46. The minimum atomic E-state index is 0.384. The van der Waals surface area contributed by atoms with Crippen molar-refractivity contribution in [3.8, 4) is 11.8 Å². The van der Waals surface area contributed by atoms with E-state index >= 15 is 0 Å². The second-order valence-corrected chi connectivity index (χ2v) is 1.86. The summed E-state index contributed by atoms with van der Waals surface area (Å²) in [6, 6.07) is 5.04. The first-order chi connectivity index (χ1) is 4.86. The van der Waals surface area contributed by atoms with Crippen molar-refractivity contribution in [2.75, 3.05) is 0 Å². The minimum Gasteiger partial charge on any atom is -0.409 e. The van der Waals surface area contributed by atoms with Crippen LogP contribution in [0.25, 0.3) is 0 Å². The van der Waals surface area contributed by atoms with Crippen LogP contribution in [0.4, 0.5) is 0 Å². The molecule has 0 amide bonds. The SMILES string of the molecule is SOc1cccc(OS)n1. The van der Waals surface area contributed by atoms with Crippen molar-refractivity contribution < 1.29 is 8.37 Å². The van der Waals surface area contributed by atoms with Crippen molar-refractivity contribution in [2.24, 2.45) is 0 Å². The molecule has 1 aromatic rings. The van der Waals surface area contributed by atoms with Gasteiger partial charge in [-0.15, -0.1) is 0 Å². The third kappa shape index (κ3) is 1.71. The van der Waals surface area contributed by atoms with Crippen LogP contribution in [-0.2, 0) is 0 Å². The van der Waals surface area contributed by atoms with Gasteiger partial charge in [0.15, 0.2) is 0 Å². The lowest BCUT2D eigenvalue weighted by atomic mass is 10.5. The maximum absolute atomic E-state index is 4.53. The third-order valence-corrected chi connectivity index (χ3v) is 1.26. The van der Waals surface area contributed by atoms with Crippen LogP contribution in [0.15, 0.2) is 18.2 Å². The molecule has 0 unspecified atom stereocenters. The van der Waals surface area contributed by atoms with Crippen molar-refractivity contribution in [2.45, 2.75) is 0 Å². The quantitative estimate of drug-likeness (QED) is 0.528. The second kappa shape index (κ2) is 3.58.